The minimum Gasteiger partial charge on any atom is -0.223 e. The largest absolute Gasteiger partial charge is 0.223 e. The van der Waals surface area contributed by atoms with Crippen molar-refractivity contribution in [3.8, 4) is 0 Å². The standard InChI is InChI=1S/C23H38O2S/c1-5-7-9-14-20(3)15-12-18-23(19-21(4)13-6-2)26(24,25)22-16-10-8-11-17-22/h5,8,10-11,16-17,20-21,23H,1,6-7,9,12-15,18-19H2,2-4H3/t20-,21+,23?/m0/s1. The average Bonchev–Trinajstić information content (AvgIpc) is 2.62. The molecule has 0 N–H and O–H groups in total. The molecule has 1 unspecified atom stereocenters. The molecule has 0 aliphatic heterocycles. The van der Waals surface area contributed by atoms with Crippen LogP contribution in [0.3, 0.4) is 0 Å². The van der Waals surface area contributed by atoms with Crippen LogP contribution in [0.15, 0.2) is 47.9 Å². The lowest BCUT2D eigenvalue weighted by atomic mass is 9.94. The Bertz CT molecular complexity index is 592. The molecule has 0 radical (unpaired) electrons. The van der Waals surface area contributed by atoms with Crippen molar-refractivity contribution in [1.29, 1.82) is 0 Å². The first kappa shape index (κ1) is 23.0. The molecule has 1 rings (SSSR count). The van der Waals surface area contributed by atoms with E-state index < -0.39 is 9.84 Å². The minimum absolute atomic E-state index is 0.258. The van der Waals surface area contributed by atoms with E-state index in [1.165, 1.54) is 12.8 Å². The van der Waals surface area contributed by atoms with Crippen molar-refractivity contribution < 1.29 is 8.42 Å². The van der Waals surface area contributed by atoms with Gasteiger partial charge in [-0.25, -0.2) is 8.42 Å². The van der Waals surface area contributed by atoms with Gasteiger partial charge in [0.05, 0.1) is 10.1 Å². The third-order valence-electron chi connectivity index (χ3n) is 5.29. The highest BCUT2D eigenvalue weighted by Gasteiger charge is 2.28. The molecule has 0 saturated carbocycles. The van der Waals surface area contributed by atoms with Crippen molar-refractivity contribution in [2.45, 2.75) is 88.7 Å². The van der Waals surface area contributed by atoms with E-state index >= 15 is 0 Å². The van der Waals surface area contributed by atoms with E-state index in [-0.39, 0.29) is 5.25 Å². The lowest BCUT2D eigenvalue weighted by Gasteiger charge is -2.22. The molecule has 0 amide bonds. The van der Waals surface area contributed by atoms with Gasteiger partial charge in [-0.3, -0.25) is 0 Å². The van der Waals surface area contributed by atoms with E-state index in [1.54, 1.807) is 12.1 Å². The molecule has 0 bridgehead atoms. The fourth-order valence-corrected chi connectivity index (χ4v) is 5.69. The Hall–Kier alpha value is -1.09. The van der Waals surface area contributed by atoms with E-state index in [2.05, 4.69) is 27.4 Å². The predicted molar refractivity (Wildman–Crippen MR) is 113 cm³/mol. The van der Waals surface area contributed by atoms with Gasteiger partial charge in [0.25, 0.3) is 0 Å². The Morgan fingerprint density at radius 1 is 0.962 bits per heavy atom. The van der Waals surface area contributed by atoms with E-state index in [0.29, 0.717) is 16.7 Å². The number of allylic oxidation sites excluding steroid dienone is 1. The Balaban J connectivity index is 2.71. The zero-order valence-corrected chi connectivity index (χ0v) is 17.8. The maximum atomic E-state index is 13.1. The van der Waals surface area contributed by atoms with Gasteiger partial charge in [0, 0.05) is 0 Å². The van der Waals surface area contributed by atoms with E-state index in [9.17, 15) is 8.42 Å². The van der Waals surface area contributed by atoms with Crippen molar-refractivity contribution in [2.75, 3.05) is 0 Å². The molecule has 0 aromatic heterocycles. The first-order valence-corrected chi connectivity index (χ1v) is 11.9. The summed E-state index contributed by atoms with van der Waals surface area (Å²) in [5, 5.41) is -0.258. The van der Waals surface area contributed by atoms with Crippen LogP contribution in [-0.2, 0) is 9.84 Å². The van der Waals surface area contributed by atoms with Crippen molar-refractivity contribution >= 4 is 9.84 Å². The molecule has 26 heavy (non-hydrogen) atoms. The van der Waals surface area contributed by atoms with Crippen LogP contribution in [0.5, 0.6) is 0 Å². The lowest BCUT2D eigenvalue weighted by molar-refractivity contribution is 0.417. The third kappa shape index (κ3) is 8.07. The molecule has 0 fully saturated rings. The molecule has 3 atom stereocenters. The second-order valence-corrected chi connectivity index (χ2v) is 10.1. The van der Waals surface area contributed by atoms with E-state index in [0.717, 1.165) is 44.9 Å². The zero-order valence-electron chi connectivity index (χ0n) is 17.0. The van der Waals surface area contributed by atoms with Gasteiger partial charge in [0.1, 0.15) is 0 Å². The molecule has 0 aliphatic carbocycles. The van der Waals surface area contributed by atoms with Gasteiger partial charge in [-0.2, -0.15) is 0 Å². The van der Waals surface area contributed by atoms with Crippen LogP contribution in [0.2, 0.25) is 0 Å². The smallest absolute Gasteiger partial charge is 0.181 e. The predicted octanol–water partition coefficient (Wildman–Crippen LogP) is 6.82. The molecule has 3 heteroatoms. The first-order valence-electron chi connectivity index (χ1n) is 10.3. The number of sulfone groups is 1. The Labute approximate surface area is 162 Å². The highest BCUT2D eigenvalue weighted by atomic mass is 32.2. The average molecular weight is 379 g/mol. The summed E-state index contributed by atoms with van der Waals surface area (Å²) in [6, 6.07) is 9.00. The topological polar surface area (TPSA) is 34.1 Å². The number of rotatable bonds is 14. The molecule has 0 heterocycles. The summed E-state index contributed by atoms with van der Waals surface area (Å²) < 4.78 is 26.3. The molecular weight excluding hydrogens is 340 g/mol. The molecule has 2 nitrogen and oxygen atoms in total. The SMILES string of the molecule is C=CCCC[C@H](C)CCCC(C[C@H](C)CCC)S(=O)(=O)c1ccccc1. The van der Waals surface area contributed by atoms with Gasteiger partial charge in [0.2, 0.25) is 0 Å². The van der Waals surface area contributed by atoms with E-state index in [4.69, 9.17) is 0 Å². The maximum absolute atomic E-state index is 13.1. The van der Waals surface area contributed by atoms with Crippen LogP contribution < -0.4 is 0 Å². The van der Waals surface area contributed by atoms with Crippen molar-refractivity contribution in [3.63, 3.8) is 0 Å². The third-order valence-corrected chi connectivity index (χ3v) is 7.52. The first-order chi connectivity index (χ1) is 12.4. The normalized spacial score (nSPS) is 15.3. The summed E-state index contributed by atoms with van der Waals surface area (Å²) in [5.41, 5.74) is 0. The number of benzene rings is 1. The number of hydrogen-bond donors (Lipinski definition) is 0. The van der Waals surface area contributed by atoms with Crippen LogP contribution in [0.4, 0.5) is 0 Å². The van der Waals surface area contributed by atoms with Crippen LogP contribution in [-0.4, -0.2) is 13.7 Å². The fourth-order valence-electron chi connectivity index (χ4n) is 3.71. The fraction of sp³-hybridized carbons (Fsp3) is 0.652. The van der Waals surface area contributed by atoms with Gasteiger partial charge < -0.3 is 0 Å². The number of unbranched alkanes of at least 4 members (excludes halogenated alkanes) is 1. The summed E-state index contributed by atoms with van der Waals surface area (Å²) in [7, 11) is -3.25. The lowest BCUT2D eigenvalue weighted by Crippen LogP contribution is -2.24. The monoisotopic (exact) mass is 378 g/mol. The van der Waals surface area contributed by atoms with Crippen LogP contribution in [0.1, 0.15) is 78.6 Å². The summed E-state index contributed by atoms with van der Waals surface area (Å²) in [6.07, 6.45) is 11.3. The zero-order chi connectivity index (χ0) is 19.4. The maximum Gasteiger partial charge on any atom is 0.181 e. The van der Waals surface area contributed by atoms with Crippen LogP contribution >= 0.6 is 0 Å². The molecule has 1 aromatic rings. The quantitative estimate of drug-likeness (QED) is 0.263. The molecule has 0 aliphatic rings. The second kappa shape index (κ2) is 12.3. The van der Waals surface area contributed by atoms with Crippen molar-refractivity contribution in [1.82, 2.24) is 0 Å². The minimum atomic E-state index is -3.25. The van der Waals surface area contributed by atoms with Gasteiger partial charge in [-0.1, -0.05) is 77.2 Å². The van der Waals surface area contributed by atoms with Gasteiger partial charge in [-0.15, -0.1) is 6.58 Å². The van der Waals surface area contributed by atoms with Gasteiger partial charge >= 0.3 is 0 Å². The molecular formula is C23H38O2S. The van der Waals surface area contributed by atoms with Crippen LogP contribution in [0, 0.1) is 11.8 Å². The van der Waals surface area contributed by atoms with Crippen LogP contribution in [0.25, 0.3) is 0 Å². The highest BCUT2D eigenvalue weighted by Crippen LogP contribution is 2.28. The molecule has 0 saturated heterocycles. The van der Waals surface area contributed by atoms with E-state index in [1.807, 2.05) is 24.3 Å². The summed E-state index contributed by atoms with van der Waals surface area (Å²) >= 11 is 0. The highest BCUT2D eigenvalue weighted by molar-refractivity contribution is 7.92. The summed E-state index contributed by atoms with van der Waals surface area (Å²) in [5.74, 6) is 1.11. The second-order valence-electron chi connectivity index (χ2n) is 7.87. The Morgan fingerprint density at radius 2 is 1.62 bits per heavy atom. The Morgan fingerprint density at radius 3 is 2.23 bits per heavy atom. The summed E-state index contributed by atoms with van der Waals surface area (Å²) in [6.45, 7) is 10.4. The van der Waals surface area contributed by atoms with Gasteiger partial charge in [-0.05, 0) is 49.7 Å². The van der Waals surface area contributed by atoms with Gasteiger partial charge in [0.15, 0.2) is 9.84 Å². The molecule has 0 spiro atoms. The van der Waals surface area contributed by atoms with Crippen molar-refractivity contribution in [2.24, 2.45) is 11.8 Å². The molecule has 1 aromatic carbocycles. The number of hydrogen-bond acceptors (Lipinski definition) is 2. The molecule has 148 valence electrons. The Kier molecular flexibility index (Phi) is 10.9. The summed E-state index contributed by atoms with van der Waals surface area (Å²) in [4.78, 5) is 0.479. The van der Waals surface area contributed by atoms with Crippen molar-refractivity contribution in [3.05, 3.63) is 43.0 Å².